The van der Waals surface area contributed by atoms with Gasteiger partial charge < -0.3 is 4.74 Å². The molecule has 1 amide bonds. The number of rotatable bonds is 5. The second-order valence-corrected chi connectivity index (χ2v) is 8.79. The number of amides is 1. The van der Waals surface area contributed by atoms with Gasteiger partial charge in [0.1, 0.15) is 6.61 Å². The van der Waals surface area contributed by atoms with E-state index in [2.05, 4.69) is 4.98 Å². The lowest BCUT2D eigenvalue weighted by molar-refractivity contribution is -0.163. The van der Waals surface area contributed by atoms with E-state index in [1.54, 1.807) is 4.90 Å². The van der Waals surface area contributed by atoms with Gasteiger partial charge in [0.05, 0.1) is 11.6 Å². The van der Waals surface area contributed by atoms with E-state index in [-0.39, 0.29) is 24.4 Å². The molecule has 4 aliphatic rings. The summed E-state index contributed by atoms with van der Waals surface area (Å²) in [5.41, 5.74) is 0.733. The topological polar surface area (TPSA) is 59.5 Å². The molecule has 0 aliphatic heterocycles. The van der Waals surface area contributed by atoms with Gasteiger partial charge in [-0.15, -0.1) is 11.3 Å². The smallest absolute Gasteiger partial charge is 0.309 e. The maximum Gasteiger partial charge on any atom is 0.309 e. The van der Waals surface area contributed by atoms with E-state index in [1.807, 2.05) is 12.3 Å². The van der Waals surface area contributed by atoms with Crippen molar-refractivity contribution in [2.75, 3.05) is 11.4 Å². The average molecular weight is 362 g/mol. The van der Waals surface area contributed by atoms with Crippen LogP contribution in [-0.4, -0.2) is 23.4 Å². The number of hydrogen-bond donors (Lipinski definition) is 0. The Morgan fingerprint density at radius 2 is 1.84 bits per heavy atom. The molecule has 1 aromatic rings. The lowest BCUT2D eigenvalue weighted by Crippen LogP contribution is -2.48. The average Bonchev–Trinajstić information content (AvgIpc) is 3.01. The zero-order valence-electron chi connectivity index (χ0n) is 14.9. The molecule has 1 heterocycles. The molecular formula is C19H26N2O3S. The zero-order valence-corrected chi connectivity index (χ0v) is 15.8. The molecule has 5 nitrogen and oxygen atoms in total. The third-order valence-corrected chi connectivity index (χ3v) is 7.24. The number of aromatic nitrogens is 1. The van der Waals surface area contributed by atoms with Gasteiger partial charge in [0, 0.05) is 18.8 Å². The van der Waals surface area contributed by atoms with Crippen molar-refractivity contribution in [2.24, 2.45) is 29.6 Å². The highest BCUT2D eigenvalue weighted by atomic mass is 32.1. The summed E-state index contributed by atoms with van der Waals surface area (Å²) < 4.78 is 5.64. The standard InChI is InChI=1S/C19H26N2O3S/c1-3-21(11(2)22)19-20-16(10-25-19)9-24-18(23)17-14-5-12-4-13(7-14)8-15(17)6-12/h10,12-15,17H,3-9H2,1-2H3. The van der Waals surface area contributed by atoms with Gasteiger partial charge in [0.25, 0.3) is 0 Å². The van der Waals surface area contributed by atoms with Crippen LogP contribution < -0.4 is 4.90 Å². The normalized spacial score (nSPS) is 32.6. The van der Waals surface area contributed by atoms with Crippen molar-refractivity contribution in [3.8, 4) is 0 Å². The Balaban J connectivity index is 1.36. The summed E-state index contributed by atoms with van der Waals surface area (Å²) in [5, 5.41) is 2.56. The Hall–Kier alpha value is -1.43. The van der Waals surface area contributed by atoms with Gasteiger partial charge in [-0.25, -0.2) is 4.98 Å². The fourth-order valence-corrected chi connectivity index (χ4v) is 6.45. The third kappa shape index (κ3) is 3.21. The van der Waals surface area contributed by atoms with Crippen LogP contribution in [0.2, 0.25) is 0 Å². The first-order valence-electron chi connectivity index (χ1n) is 9.44. The molecular weight excluding hydrogens is 336 g/mol. The highest BCUT2D eigenvalue weighted by Gasteiger charge is 2.51. The van der Waals surface area contributed by atoms with Crippen molar-refractivity contribution in [2.45, 2.75) is 52.6 Å². The maximum atomic E-state index is 12.7. The monoisotopic (exact) mass is 362 g/mol. The van der Waals surface area contributed by atoms with Crippen molar-refractivity contribution >= 4 is 28.3 Å². The lowest BCUT2D eigenvalue weighted by Gasteiger charge is -2.53. The fraction of sp³-hybridized carbons (Fsp3) is 0.737. The van der Waals surface area contributed by atoms with Crippen molar-refractivity contribution < 1.29 is 14.3 Å². The number of thiazole rings is 1. The van der Waals surface area contributed by atoms with Crippen LogP contribution in [0.25, 0.3) is 0 Å². The number of ether oxygens (including phenoxy) is 1. The molecule has 1 aromatic heterocycles. The zero-order chi connectivity index (χ0) is 17.6. The van der Waals surface area contributed by atoms with E-state index < -0.39 is 0 Å². The molecule has 5 rings (SSSR count). The van der Waals surface area contributed by atoms with Crippen LogP contribution in [0.1, 0.15) is 51.6 Å². The van der Waals surface area contributed by atoms with Gasteiger partial charge in [-0.3, -0.25) is 14.5 Å². The molecule has 0 unspecified atom stereocenters. The van der Waals surface area contributed by atoms with Crippen LogP contribution in [0.3, 0.4) is 0 Å². The molecule has 0 aromatic carbocycles. The summed E-state index contributed by atoms with van der Waals surface area (Å²) >= 11 is 1.42. The van der Waals surface area contributed by atoms with E-state index in [1.165, 1.54) is 50.4 Å². The number of carbonyl (C=O) groups is 2. The largest absolute Gasteiger partial charge is 0.459 e. The number of carbonyl (C=O) groups excluding carboxylic acids is 2. The minimum atomic E-state index is -0.0257. The lowest BCUT2D eigenvalue weighted by atomic mass is 9.52. The first-order chi connectivity index (χ1) is 12.0. The summed E-state index contributed by atoms with van der Waals surface area (Å²) in [7, 11) is 0. The van der Waals surface area contributed by atoms with Gasteiger partial charge in [-0.1, -0.05) is 0 Å². The molecule has 4 bridgehead atoms. The number of esters is 1. The van der Waals surface area contributed by atoms with E-state index in [4.69, 9.17) is 4.74 Å². The molecule has 0 spiro atoms. The molecule has 25 heavy (non-hydrogen) atoms. The molecule has 0 atom stereocenters. The summed E-state index contributed by atoms with van der Waals surface area (Å²) in [6.45, 7) is 4.27. The highest BCUT2D eigenvalue weighted by Crippen LogP contribution is 2.56. The van der Waals surface area contributed by atoms with Crippen LogP contribution in [0.4, 0.5) is 5.13 Å². The predicted octanol–water partition coefficient (Wildman–Crippen LogP) is 3.63. The quantitative estimate of drug-likeness (QED) is 0.751. The predicted molar refractivity (Wildman–Crippen MR) is 96.1 cm³/mol. The van der Waals surface area contributed by atoms with Crippen molar-refractivity contribution in [1.82, 2.24) is 4.98 Å². The molecule has 0 saturated heterocycles. The fourth-order valence-electron chi connectivity index (χ4n) is 5.53. The van der Waals surface area contributed by atoms with Gasteiger partial charge in [-0.2, -0.15) is 0 Å². The van der Waals surface area contributed by atoms with Crippen LogP contribution in [0, 0.1) is 29.6 Å². The number of hydrogen-bond acceptors (Lipinski definition) is 5. The summed E-state index contributed by atoms with van der Waals surface area (Å²) in [5.74, 6) is 2.87. The van der Waals surface area contributed by atoms with Gasteiger partial charge in [0.2, 0.25) is 5.91 Å². The molecule has 6 heteroatoms. The van der Waals surface area contributed by atoms with Crippen molar-refractivity contribution in [3.63, 3.8) is 0 Å². The Bertz CT molecular complexity index is 643. The number of anilines is 1. The molecule has 136 valence electrons. The first-order valence-corrected chi connectivity index (χ1v) is 10.3. The summed E-state index contributed by atoms with van der Waals surface area (Å²) in [4.78, 5) is 30.4. The van der Waals surface area contributed by atoms with Crippen LogP contribution in [0.15, 0.2) is 5.38 Å². The maximum absolute atomic E-state index is 12.7. The molecule has 4 fully saturated rings. The molecule has 4 saturated carbocycles. The highest BCUT2D eigenvalue weighted by molar-refractivity contribution is 7.14. The number of nitrogens with zero attached hydrogens (tertiary/aromatic N) is 2. The van der Waals surface area contributed by atoms with E-state index in [0.717, 1.165) is 17.5 Å². The summed E-state index contributed by atoms with van der Waals surface area (Å²) in [6.07, 6.45) is 6.27. The minimum absolute atomic E-state index is 0.0195. The second kappa shape index (κ2) is 6.71. The molecule has 0 radical (unpaired) electrons. The third-order valence-electron chi connectivity index (χ3n) is 6.33. The van der Waals surface area contributed by atoms with E-state index in [0.29, 0.717) is 23.5 Å². The van der Waals surface area contributed by atoms with E-state index in [9.17, 15) is 9.59 Å². The van der Waals surface area contributed by atoms with Crippen LogP contribution >= 0.6 is 11.3 Å². The Labute approximate surface area is 152 Å². The molecule has 4 aliphatic carbocycles. The first kappa shape index (κ1) is 17.0. The van der Waals surface area contributed by atoms with Gasteiger partial charge in [0.15, 0.2) is 5.13 Å². The minimum Gasteiger partial charge on any atom is -0.459 e. The van der Waals surface area contributed by atoms with Crippen molar-refractivity contribution in [3.05, 3.63) is 11.1 Å². The van der Waals surface area contributed by atoms with Gasteiger partial charge >= 0.3 is 5.97 Å². The molecule has 0 N–H and O–H groups in total. The van der Waals surface area contributed by atoms with Crippen LogP contribution in [-0.2, 0) is 20.9 Å². The Morgan fingerprint density at radius 1 is 1.20 bits per heavy atom. The second-order valence-electron chi connectivity index (χ2n) is 7.95. The summed E-state index contributed by atoms with van der Waals surface area (Å²) in [6, 6.07) is 0. The van der Waals surface area contributed by atoms with Gasteiger partial charge in [-0.05, 0) is 62.7 Å². The SMILES string of the molecule is CCN(C(C)=O)c1nc(COC(=O)C2C3CC4CC(C3)CC2C4)cs1. The Morgan fingerprint density at radius 3 is 2.40 bits per heavy atom. The van der Waals surface area contributed by atoms with Crippen molar-refractivity contribution in [1.29, 1.82) is 0 Å². The van der Waals surface area contributed by atoms with E-state index >= 15 is 0 Å². The Kier molecular flexibility index (Phi) is 4.56. The van der Waals surface area contributed by atoms with Crippen LogP contribution in [0.5, 0.6) is 0 Å².